The number of nitrogens with one attached hydrogen (secondary N) is 1. The van der Waals surface area contributed by atoms with E-state index in [0.717, 1.165) is 16.5 Å². The van der Waals surface area contributed by atoms with Crippen molar-refractivity contribution in [3.05, 3.63) is 65.7 Å². The predicted octanol–water partition coefficient (Wildman–Crippen LogP) is 3.42. The molecule has 0 radical (unpaired) electrons. The summed E-state index contributed by atoms with van der Waals surface area (Å²) >= 11 is 0. The number of benzene rings is 2. The summed E-state index contributed by atoms with van der Waals surface area (Å²) in [7, 11) is 0. The highest BCUT2D eigenvalue weighted by Gasteiger charge is 2.04. The van der Waals surface area contributed by atoms with Crippen molar-refractivity contribution in [1.29, 1.82) is 5.26 Å². The fraction of sp³-hybridized carbons (Fsp3) is 0.0588. The number of nitrogens with zero attached hydrogens (tertiary/aromatic N) is 2. The van der Waals surface area contributed by atoms with Gasteiger partial charge in [0, 0.05) is 11.9 Å². The van der Waals surface area contributed by atoms with Gasteiger partial charge in [0.25, 0.3) is 0 Å². The number of phenols is 1. The predicted molar refractivity (Wildman–Crippen MR) is 81.9 cm³/mol. The second-order valence-corrected chi connectivity index (χ2v) is 4.70. The van der Waals surface area contributed by atoms with Crippen LogP contribution in [0.1, 0.15) is 11.1 Å². The maximum Gasteiger partial charge on any atom is 0.128 e. The summed E-state index contributed by atoms with van der Waals surface area (Å²) in [4.78, 5) is 4.50. The first kappa shape index (κ1) is 12.9. The van der Waals surface area contributed by atoms with Crippen LogP contribution < -0.4 is 5.32 Å². The van der Waals surface area contributed by atoms with Crippen molar-refractivity contribution in [3.63, 3.8) is 0 Å². The normalized spacial score (nSPS) is 10.2. The minimum atomic E-state index is 0.245. The number of phenolic OH excluding ortho intramolecular Hbond substituents is 1. The average Bonchev–Trinajstić information content (AvgIpc) is 2.53. The zero-order chi connectivity index (χ0) is 14.7. The Bertz CT molecular complexity index is 820. The molecule has 2 N–H and O–H groups in total. The summed E-state index contributed by atoms with van der Waals surface area (Å²) in [5.74, 6) is 0.910. The molecule has 3 rings (SSSR count). The van der Waals surface area contributed by atoms with Crippen molar-refractivity contribution in [2.45, 2.75) is 6.54 Å². The number of fused-ring (bicyclic) bond motifs is 1. The number of nitriles is 1. The Morgan fingerprint density at radius 1 is 1.10 bits per heavy atom. The summed E-state index contributed by atoms with van der Waals surface area (Å²) in [5.41, 5.74) is 2.43. The highest BCUT2D eigenvalue weighted by Crippen LogP contribution is 2.20. The number of aromatic nitrogens is 1. The molecule has 102 valence electrons. The molecule has 0 saturated heterocycles. The second-order valence-electron chi connectivity index (χ2n) is 4.70. The van der Waals surface area contributed by atoms with E-state index in [2.05, 4.69) is 16.4 Å². The molecule has 1 heterocycles. The lowest BCUT2D eigenvalue weighted by molar-refractivity contribution is 0.475. The number of pyridine rings is 1. The molecule has 0 bridgehead atoms. The summed E-state index contributed by atoms with van der Waals surface area (Å²) in [5, 5.41) is 22.6. The van der Waals surface area contributed by atoms with Gasteiger partial charge in [-0.05, 0) is 29.8 Å². The Labute approximate surface area is 122 Å². The second kappa shape index (κ2) is 5.51. The van der Waals surface area contributed by atoms with E-state index < -0.39 is 0 Å². The molecular weight excluding hydrogens is 262 g/mol. The zero-order valence-corrected chi connectivity index (χ0v) is 11.2. The monoisotopic (exact) mass is 275 g/mol. The topological polar surface area (TPSA) is 68.9 Å². The van der Waals surface area contributed by atoms with E-state index in [9.17, 15) is 10.4 Å². The summed E-state index contributed by atoms with van der Waals surface area (Å²) in [6.45, 7) is 0.580. The number of hydrogen-bond acceptors (Lipinski definition) is 4. The minimum Gasteiger partial charge on any atom is -0.508 e. The Hall–Kier alpha value is -3.06. The summed E-state index contributed by atoms with van der Waals surface area (Å²) < 4.78 is 0. The van der Waals surface area contributed by atoms with Crippen LogP contribution in [0.3, 0.4) is 0 Å². The highest BCUT2D eigenvalue weighted by atomic mass is 16.3. The van der Waals surface area contributed by atoms with E-state index in [4.69, 9.17) is 0 Å². The van der Waals surface area contributed by atoms with Gasteiger partial charge >= 0.3 is 0 Å². The summed E-state index contributed by atoms with van der Waals surface area (Å²) in [6.07, 6.45) is 0. The third-order valence-electron chi connectivity index (χ3n) is 3.25. The van der Waals surface area contributed by atoms with Crippen LogP contribution in [0, 0.1) is 11.3 Å². The third kappa shape index (κ3) is 2.77. The van der Waals surface area contributed by atoms with Gasteiger partial charge in [0.15, 0.2) is 0 Å². The van der Waals surface area contributed by atoms with E-state index in [1.54, 1.807) is 18.2 Å². The Morgan fingerprint density at radius 2 is 1.86 bits per heavy atom. The molecule has 0 aliphatic heterocycles. The highest BCUT2D eigenvalue weighted by molar-refractivity contribution is 5.86. The number of anilines is 1. The lowest BCUT2D eigenvalue weighted by Gasteiger charge is -2.08. The number of hydrogen-bond donors (Lipinski definition) is 2. The number of aromatic hydroxyl groups is 1. The van der Waals surface area contributed by atoms with Crippen LogP contribution in [0.4, 0.5) is 5.82 Å². The molecule has 0 saturated carbocycles. The van der Waals surface area contributed by atoms with Gasteiger partial charge in [-0.2, -0.15) is 5.26 Å². The SMILES string of the molecule is N#Cc1cc(NCc2ccc(O)cc2)nc2ccccc12. The molecule has 4 nitrogen and oxygen atoms in total. The van der Waals surface area contributed by atoms with E-state index in [1.165, 1.54) is 0 Å². The van der Waals surface area contributed by atoms with Crippen LogP contribution in [-0.2, 0) is 6.54 Å². The molecule has 1 aromatic heterocycles. The first-order valence-electron chi connectivity index (χ1n) is 6.58. The fourth-order valence-electron chi connectivity index (χ4n) is 2.16. The first-order chi connectivity index (χ1) is 10.3. The van der Waals surface area contributed by atoms with Crippen LogP contribution in [0.5, 0.6) is 5.75 Å². The average molecular weight is 275 g/mol. The minimum absolute atomic E-state index is 0.245. The standard InChI is InChI=1S/C17H13N3O/c18-10-13-9-17(20-16-4-2-1-3-15(13)16)19-11-12-5-7-14(21)8-6-12/h1-9,21H,11H2,(H,19,20). The molecule has 21 heavy (non-hydrogen) atoms. The van der Waals surface area contributed by atoms with Gasteiger partial charge in [-0.15, -0.1) is 0 Å². The largest absolute Gasteiger partial charge is 0.508 e. The quantitative estimate of drug-likeness (QED) is 0.768. The zero-order valence-electron chi connectivity index (χ0n) is 11.2. The lowest BCUT2D eigenvalue weighted by atomic mass is 10.1. The van der Waals surface area contributed by atoms with E-state index in [0.29, 0.717) is 17.9 Å². The lowest BCUT2D eigenvalue weighted by Crippen LogP contribution is -2.02. The van der Waals surface area contributed by atoms with Crippen molar-refractivity contribution in [3.8, 4) is 11.8 Å². The van der Waals surface area contributed by atoms with Crippen LogP contribution in [0.2, 0.25) is 0 Å². The van der Waals surface area contributed by atoms with Crippen LogP contribution in [0.25, 0.3) is 10.9 Å². The van der Waals surface area contributed by atoms with E-state index in [1.807, 2.05) is 36.4 Å². The maximum absolute atomic E-state index is 9.26. The fourth-order valence-corrected chi connectivity index (χ4v) is 2.16. The Balaban J connectivity index is 1.87. The number of para-hydroxylation sites is 1. The van der Waals surface area contributed by atoms with Crippen molar-refractivity contribution < 1.29 is 5.11 Å². The van der Waals surface area contributed by atoms with Gasteiger partial charge in [0.05, 0.1) is 17.1 Å². The summed E-state index contributed by atoms with van der Waals surface area (Å²) in [6, 6.07) is 18.5. The maximum atomic E-state index is 9.26. The van der Waals surface area contributed by atoms with E-state index in [-0.39, 0.29) is 5.75 Å². The Morgan fingerprint density at radius 3 is 2.62 bits per heavy atom. The number of rotatable bonds is 3. The molecule has 0 fully saturated rings. The van der Waals surface area contributed by atoms with Gasteiger partial charge in [0.1, 0.15) is 11.6 Å². The van der Waals surface area contributed by atoms with Crippen molar-refractivity contribution >= 4 is 16.7 Å². The Kier molecular flexibility index (Phi) is 3.40. The molecule has 0 unspecified atom stereocenters. The van der Waals surface area contributed by atoms with E-state index >= 15 is 0 Å². The molecule has 3 aromatic rings. The van der Waals surface area contributed by atoms with Crippen LogP contribution in [-0.4, -0.2) is 10.1 Å². The van der Waals surface area contributed by atoms with Crippen LogP contribution in [0.15, 0.2) is 54.6 Å². The molecule has 0 atom stereocenters. The molecule has 0 aliphatic rings. The van der Waals surface area contributed by atoms with Gasteiger partial charge in [-0.1, -0.05) is 30.3 Å². The molecular formula is C17H13N3O. The molecule has 0 amide bonds. The van der Waals surface area contributed by atoms with Gasteiger partial charge in [-0.25, -0.2) is 4.98 Å². The molecule has 0 spiro atoms. The molecule has 2 aromatic carbocycles. The van der Waals surface area contributed by atoms with Crippen molar-refractivity contribution in [1.82, 2.24) is 4.98 Å². The van der Waals surface area contributed by atoms with Gasteiger partial charge < -0.3 is 10.4 Å². The van der Waals surface area contributed by atoms with Gasteiger partial charge in [0.2, 0.25) is 0 Å². The molecule has 0 aliphatic carbocycles. The van der Waals surface area contributed by atoms with Crippen molar-refractivity contribution in [2.24, 2.45) is 0 Å². The molecule has 4 heteroatoms. The third-order valence-corrected chi connectivity index (χ3v) is 3.25. The first-order valence-corrected chi connectivity index (χ1v) is 6.58. The van der Waals surface area contributed by atoms with Crippen LogP contribution >= 0.6 is 0 Å². The smallest absolute Gasteiger partial charge is 0.128 e. The van der Waals surface area contributed by atoms with Gasteiger partial charge in [-0.3, -0.25) is 0 Å². The van der Waals surface area contributed by atoms with Crippen molar-refractivity contribution in [2.75, 3.05) is 5.32 Å².